The van der Waals surface area contributed by atoms with Crippen LogP contribution in [-0.4, -0.2) is 16.3 Å². The average molecular weight is 273 g/mol. The molecule has 0 aliphatic carbocycles. The van der Waals surface area contributed by atoms with E-state index in [1.807, 2.05) is 13.2 Å². The average Bonchev–Trinajstić information content (AvgIpc) is 2.83. The molecule has 0 saturated carbocycles. The summed E-state index contributed by atoms with van der Waals surface area (Å²) in [5.41, 5.74) is 2.47. The first-order valence-electron chi connectivity index (χ1n) is 7.03. The highest BCUT2D eigenvalue weighted by Gasteiger charge is 1.99. The van der Waals surface area contributed by atoms with Gasteiger partial charge >= 0.3 is 0 Å². The van der Waals surface area contributed by atoms with E-state index in [0.717, 1.165) is 18.8 Å². The van der Waals surface area contributed by atoms with Gasteiger partial charge in [-0.05, 0) is 23.6 Å². The molecule has 0 fully saturated rings. The predicted molar refractivity (Wildman–Crippen MR) is 80.5 cm³/mol. The number of rotatable bonds is 7. The van der Waals surface area contributed by atoms with Crippen LogP contribution in [-0.2, 0) is 20.2 Å². The number of nitrogens with zero attached hydrogens (tertiary/aromatic N) is 2. The van der Waals surface area contributed by atoms with Crippen LogP contribution in [0.1, 0.15) is 25.0 Å². The topological polar surface area (TPSA) is 39.1 Å². The molecular formula is C16H23N3O. The third kappa shape index (κ3) is 4.70. The first-order chi connectivity index (χ1) is 9.63. The lowest BCUT2D eigenvalue weighted by atomic mass is 10.1. The van der Waals surface area contributed by atoms with E-state index in [2.05, 4.69) is 48.5 Å². The van der Waals surface area contributed by atoms with Crippen LogP contribution in [0.2, 0.25) is 0 Å². The van der Waals surface area contributed by atoms with Crippen LogP contribution in [0.5, 0.6) is 5.75 Å². The molecule has 0 aliphatic heterocycles. The van der Waals surface area contributed by atoms with E-state index in [0.29, 0.717) is 12.5 Å². The zero-order valence-corrected chi connectivity index (χ0v) is 12.5. The molecule has 2 rings (SSSR count). The largest absolute Gasteiger partial charge is 0.486 e. The van der Waals surface area contributed by atoms with Crippen LogP contribution in [0.15, 0.2) is 36.7 Å². The molecule has 108 valence electrons. The summed E-state index contributed by atoms with van der Waals surface area (Å²) in [6, 6.07) is 8.52. The van der Waals surface area contributed by atoms with Gasteiger partial charge in [0.25, 0.3) is 0 Å². The van der Waals surface area contributed by atoms with Crippen LogP contribution in [0.4, 0.5) is 0 Å². The van der Waals surface area contributed by atoms with E-state index in [9.17, 15) is 0 Å². The molecule has 0 saturated heterocycles. The first kappa shape index (κ1) is 14.6. The molecular weight excluding hydrogens is 250 g/mol. The monoisotopic (exact) mass is 273 g/mol. The molecule has 0 radical (unpaired) electrons. The van der Waals surface area contributed by atoms with Gasteiger partial charge in [0, 0.05) is 13.6 Å². The highest BCUT2D eigenvalue weighted by molar-refractivity contribution is 5.23. The molecule has 1 heterocycles. The Hall–Kier alpha value is -1.81. The maximum Gasteiger partial charge on any atom is 0.157 e. The Morgan fingerprint density at radius 1 is 1.20 bits per heavy atom. The smallest absolute Gasteiger partial charge is 0.157 e. The lowest BCUT2D eigenvalue weighted by Gasteiger charge is -2.08. The van der Waals surface area contributed by atoms with Gasteiger partial charge in [-0.15, -0.1) is 0 Å². The fraction of sp³-hybridized carbons (Fsp3) is 0.438. The Labute approximate surface area is 120 Å². The van der Waals surface area contributed by atoms with Crippen molar-refractivity contribution in [1.29, 1.82) is 0 Å². The summed E-state index contributed by atoms with van der Waals surface area (Å²) in [6.07, 6.45) is 3.59. The summed E-state index contributed by atoms with van der Waals surface area (Å²) in [4.78, 5) is 0. The third-order valence-electron chi connectivity index (χ3n) is 2.99. The number of aryl methyl sites for hydroxylation is 1. The Bertz CT molecular complexity index is 517. The fourth-order valence-electron chi connectivity index (χ4n) is 1.90. The van der Waals surface area contributed by atoms with E-state index in [-0.39, 0.29) is 0 Å². The second-order valence-electron chi connectivity index (χ2n) is 5.48. The Balaban J connectivity index is 1.79. The van der Waals surface area contributed by atoms with Crippen LogP contribution < -0.4 is 10.1 Å². The van der Waals surface area contributed by atoms with Crippen molar-refractivity contribution in [3.8, 4) is 5.75 Å². The summed E-state index contributed by atoms with van der Waals surface area (Å²) >= 11 is 0. The molecule has 0 aliphatic rings. The minimum atomic E-state index is 0.575. The number of aromatic nitrogens is 2. The van der Waals surface area contributed by atoms with Crippen molar-refractivity contribution >= 4 is 0 Å². The molecule has 0 atom stereocenters. The van der Waals surface area contributed by atoms with Crippen LogP contribution in [0, 0.1) is 5.92 Å². The molecule has 1 N–H and O–H groups in total. The van der Waals surface area contributed by atoms with E-state index >= 15 is 0 Å². The van der Waals surface area contributed by atoms with Gasteiger partial charge in [-0.3, -0.25) is 4.68 Å². The van der Waals surface area contributed by atoms with Gasteiger partial charge in [-0.1, -0.05) is 38.1 Å². The third-order valence-corrected chi connectivity index (χ3v) is 2.99. The lowest BCUT2D eigenvalue weighted by molar-refractivity contribution is 0.306. The molecule has 0 unspecified atom stereocenters. The number of ether oxygens (including phenoxy) is 1. The molecule has 4 heteroatoms. The molecule has 1 aromatic carbocycles. The van der Waals surface area contributed by atoms with Crippen LogP contribution in [0.3, 0.4) is 0 Å². The standard InChI is InChI=1S/C16H23N3O/c1-13(2)8-17-9-14-4-6-15(7-5-14)12-20-16-10-18-19(3)11-16/h4-7,10-11,13,17H,8-9,12H2,1-3H3. The molecule has 1 aromatic heterocycles. The highest BCUT2D eigenvalue weighted by atomic mass is 16.5. The minimum Gasteiger partial charge on any atom is -0.486 e. The molecule has 0 amide bonds. The molecule has 4 nitrogen and oxygen atoms in total. The summed E-state index contributed by atoms with van der Waals surface area (Å²) in [7, 11) is 1.88. The van der Waals surface area contributed by atoms with Crippen LogP contribution >= 0.6 is 0 Å². The predicted octanol–water partition coefficient (Wildman–Crippen LogP) is 2.74. The van der Waals surface area contributed by atoms with Crippen molar-refractivity contribution in [2.45, 2.75) is 27.0 Å². The quantitative estimate of drug-likeness (QED) is 0.843. The zero-order valence-electron chi connectivity index (χ0n) is 12.5. The zero-order chi connectivity index (χ0) is 14.4. The minimum absolute atomic E-state index is 0.575. The Morgan fingerprint density at radius 3 is 2.50 bits per heavy atom. The summed E-state index contributed by atoms with van der Waals surface area (Å²) in [5, 5.41) is 7.51. The fourth-order valence-corrected chi connectivity index (χ4v) is 1.90. The summed E-state index contributed by atoms with van der Waals surface area (Å²) < 4.78 is 7.40. The van der Waals surface area contributed by atoms with Gasteiger partial charge in [-0.2, -0.15) is 5.10 Å². The van der Waals surface area contributed by atoms with E-state index < -0.39 is 0 Å². The van der Waals surface area contributed by atoms with Gasteiger partial charge in [0.15, 0.2) is 5.75 Å². The maximum atomic E-state index is 5.67. The van der Waals surface area contributed by atoms with Crippen molar-refractivity contribution in [3.05, 3.63) is 47.8 Å². The van der Waals surface area contributed by atoms with Gasteiger partial charge < -0.3 is 10.1 Å². The Kier molecular flexibility index (Phi) is 5.18. The van der Waals surface area contributed by atoms with Gasteiger partial charge in [0.05, 0.1) is 12.4 Å². The SMILES string of the molecule is CC(C)CNCc1ccc(COc2cnn(C)c2)cc1. The Morgan fingerprint density at radius 2 is 1.90 bits per heavy atom. The lowest BCUT2D eigenvalue weighted by Crippen LogP contribution is -2.18. The van der Waals surface area contributed by atoms with E-state index in [4.69, 9.17) is 4.74 Å². The summed E-state index contributed by atoms with van der Waals surface area (Å²) in [6.45, 7) is 6.97. The highest BCUT2D eigenvalue weighted by Crippen LogP contribution is 2.11. The molecule has 2 aromatic rings. The molecule has 0 bridgehead atoms. The van der Waals surface area contributed by atoms with Crippen LogP contribution in [0.25, 0.3) is 0 Å². The molecule has 20 heavy (non-hydrogen) atoms. The normalized spacial score (nSPS) is 11.0. The first-order valence-corrected chi connectivity index (χ1v) is 7.03. The number of hydrogen-bond acceptors (Lipinski definition) is 3. The van der Waals surface area contributed by atoms with Gasteiger partial charge in [-0.25, -0.2) is 0 Å². The summed E-state index contributed by atoms with van der Waals surface area (Å²) in [5.74, 6) is 1.48. The number of nitrogens with one attached hydrogen (secondary N) is 1. The van der Waals surface area contributed by atoms with Gasteiger partial charge in [0.2, 0.25) is 0 Å². The van der Waals surface area contributed by atoms with Crippen molar-refractivity contribution in [2.75, 3.05) is 6.54 Å². The van der Waals surface area contributed by atoms with Crippen molar-refractivity contribution < 1.29 is 4.74 Å². The number of hydrogen-bond donors (Lipinski definition) is 1. The second-order valence-corrected chi connectivity index (χ2v) is 5.48. The maximum absolute atomic E-state index is 5.67. The van der Waals surface area contributed by atoms with Crippen molar-refractivity contribution in [3.63, 3.8) is 0 Å². The van der Waals surface area contributed by atoms with E-state index in [1.165, 1.54) is 11.1 Å². The van der Waals surface area contributed by atoms with Crippen molar-refractivity contribution in [2.24, 2.45) is 13.0 Å². The second kappa shape index (κ2) is 7.10. The number of benzene rings is 1. The molecule has 0 spiro atoms. The van der Waals surface area contributed by atoms with E-state index in [1.54, 1.807) is 10.9 Å². The van der Waals surface area contributed by atoms with Gasteiger partial charge in [0.1, 0.15) is 6.61 Å². The van der Waals surface area contributed by atoms with Crippen molar-refractivity contribution in [1.82, 2.24) is 15.1 Å².